The first-order chi connectivity index (χ1) is 6.09. The van der Waals surface area contributed by atoms with E-state index < -0.39 is 24.4 Å². The number of hydrogen-bond acceptors (Lipinski definition) is 5. The Hall–Kier alpha value is -0.200. The van der Waals surface area contributed by atoms with Crippen molar-refractivity contribution in [2.24, 2.45) is 0 Å². The van der Waals surface area contributed by atoms with Crippen molar-refractivity contribution in [3.8, 4) is 0 Å². The Kier molecular flexibility index (Phi) is 2.29. The average molecular weight is 189 g/mol. The minimum Gasteiger partial charge on any atom is -0.392 e. The molecule has 76 valence electrons. The van der Waals surface area contributed by atoms with Crippen LogP contribution in [-0.2, 0) is 0 Å². The van der Waals surface area contributed by atoms with E-state index in [1.54, 1.807) is 0 Å². The lowest BCUT2D eigenvalue weighted by Crippen LogP contribution is -2.58. The lowest BCUT2D eigenvalue weighted by Gasteiger charge is -2.39. The maximum absolute atomic E-state index is 9.57. The normalized spacial score (nSPS) is 52.2. The Morgan fingerprint density at radius 1 is 0.923 bits per heavy atom. The molecule has 2 heterocycles. The fourth-order valence-electron chi connectivity index (χ4n) is 2.28. The predicted octanol–water partition coefficient (Wildman–Crippen LogP) is -2.48. The van der Waals surface area contributed by atoms with Gasteiger partial charge in [0.05, 0.1) is 18.3 Å². The molecule has 13 heavy (non-hydrogen) atoms. The zero-order chi connectivity index (χ0) is 9.59. The summed E-state index contributed by atoms with van der Waals surface area (Å²) < 4.78 is 0. The Bertz CT molecular complexity index is 199. The van der Waals surface area contributed by atoms with Crippen molar-refractivity contribution in [3.05, 3.63) is 0 Å². The lowest BCUT2D eigenvalue weighted by atomic mass is 9.94. The van der Waals surface area contributed by atoms with Gasteiger partial charge in [-0.1, -0.05) is 0 Å². The van der Waals surface area contributed by atoms with Crippen molar-refractivity contribution < 1.29 is 20.4 Å². The summed E-state index contributed by atoms with van der Waals surface area (Å²) in [6.45, 7) is 0.811. The van der Waals surface area contributed by atoms with E-state index in [1.807, 2.05) is 4.90 Å². The van der Waals surface area contributed by atoms with Crippen LogP contribution in [0, 0.1) is 0 Å². The third-order valence-corrected chi connectivity index (χ3v) is 2.99. The van der Waals surface area contributed by atoms with E-state index in [9.17, 15) is 20.4 Å². The highest BCUT2D eigenvalue weighted by atomic mass is 16.4. The molecule has 0 aliphatic carbocycles. The molecule has 0 saturated carbocycles. The first-order valence-electron chi connectivity index (χ1n) is 4.56. The van der Waals surface area contributed by atoms with E-state index in [1.165, 1.54) is 0 Å². The fourth-order valence-corrected chi connectivity index (χ4v) is 2.28. The van der Waals surface area contributed by atoms with Gasteiger partial charge >= 0.3 is 0 Å². The van der Waals surface area contributed by atoms with Gasteiger partial charge in [0.15, 0.2) is 0 Å². The van der Waals surface area contributed by atoms with Crippen LogP contribution in [0.1, 0.15) is 6.42 Å². The molecule has 5 heteroatoms. The van der Waals surface area contributed by atoms with Crippen LogP contribution in [-0.4, -0.2) is 68.9 Å². The molecule has 0 aromatic carbocycles. The summed E-state index contributed by atoms with van der Waals surface area (Å²) in [5, 5.41) is 37.6. The van der Waals surface area contributed by atoms with Crippen molar-refractivity contribution >= 4 is 0 Å². The first kappa shape index (κ1) is 9.36. The van der Waals surface area contributed by atoms with Crippen LogP contribution in [0.5, 0.6) is 0 Å². The molecule has 0 radical (unpaired) electrons. The molecule has 5 nitrogen and oxygen atoms in total. The second kappa shape index (κ2) is 3.18. The molecule has 2 rings (SSSR count). The fraction of sp³-hybridized carbons (Fsp3) is 1.00. The zero-order valence-corrected chi connectivity index (χ0v) is 7.24. The highest BCUT2D eigenvalue weighted by molar-refractivity contribution is 4.99. The molecule has 0 unspecified atom stereocenters. The predicted molar refractivity (Wildman–Crippen MR) is 44.0 cm³/mol. The molecule has 2 fully saturated rings. The number of hydrogen-bond donors (Lipinski definition) is 4. The SMILES string of the molecule is O[C@@H]1C[C@H]2[C@@H](O)[C@H](O)[C@@H](O)CN2C1. The molecule has 2 aliphatic heterocycles. The van der Waals surface area contributed by atoms with Gasteiger partial charge in [0.25, 0.3) is 0 Å². The third-order valence-electron chi connectivity index (χ3n) is 2.99. The largest absolute Gasteiger partial charge is 0.392 e. The van der Waals surface area contributed by atoms with Gasteiger partial charge in [-0.25, -0.2) is 0 Å². The Balaban J connectivity index is 2.11. The van der Waals surface area contributed by atoms with Gasteiger partial charge in [0, 0.05) is 19.1 Å². The average Bonchev–Trinajstić information content (AvgIpc) is 2.42. The van der Waals surface area contributed by atoms with E-state index in [0.717, 1.165) is 0 Å². The van der Waals surface area contributed by atoms with Crippen LogP contribution >= 0.6 is 0 Å². The Morgan fingerprint density at radius 3 is 2.31 bits per heavy atom. The zero-order valence-electron chi connectivity index (χ0n) is 7.24. The Labute approximate surface area is 76.2 Å². The van der Waals surface area contributed by atoms with Crippen LogP contribution < -0.4 is 0 Å². The summed E-state index contributed by atoms with van der Waals surface area (Å²) >= 11 is 0. The van der Waals surface area contributed by atoms with E-state index >= 15 is 0 Å². The molecule has 5 atom stereocenters. The van der Waals surface area contributed by atoms with Gasteiger partial charge in [0.2, 0.25) is 0 Å². The van der Waals surface area contributed by atoms with E-state index in [0.29, 0.717) is 19.5 Å². The number of nitrogens with zero attached hydrogens (tertiary/aromatic N) is 1. The molecule has 0 aromatic rings. The van der Waals surface area contributed by atoms with Crippen molar-refractivity contribution in [1.29, 1.82) is 0 Å². The van der Waals surface area contributed by atoms with Crippen molar-refractivity contribution in [1.82, 2.24) is 4.90 Å². The maximum atomic E-state index is 9.57. The number of piperidine rings is 1. The van der Waals surface area contributed by atoms with Gasteiger partial charge in [-0.3, -0.25) is 4.90 Å². The van der Waals surface area contributed by atoms with Crippen LogP contribution in [0.3, 0.4) is 0 Å². The molecule has 0 spiro atoms. The first-order valence-corrected chi connectivity index (χ1v) is 4.56. The second-order valence-corrected chi connectivity index (χ2v) is 3.96. The summed E-state index contributed by atoms with van der Waals surface area (Å²) in [6.07, 6.45) is -2.90. The van der Waals surface area contributed by atoms with Crippen LogP contribution in [0.2, 0.25) is 0 Å². The molecular formula is C8H15NO4. The van der Waals surface area contributed by atoms with Crippen molar-refractivity contribution in [2.75, 3.05) is 13.1 Å². The second-order valence-electron chi connectivity index (χ2n) is 3.96. The van der Waals surface area contributed by atoms with Crippen molar-refractivity contribution in [2.45, 2.75) is 36.9 Å². The molecule has 2 aliphatic rings. The third kappa shape index (κ3) is 1.47. The van der Waals surface area contributed by atoms with Crippen molar-refractivity contribution in [3.63, 3.8) is 0 Å². The molecule has 2 saturated heterocycles. The summed E-state index contributed by atoms with van der Waals surface area (Å²) in [6, 6.07) is -0.201. The van der Waals surface area contributed by atoms with Gasteiger partial charge in [-0.15, -0.1) is 0 Å². The van der Waals surface area contributed by atoms with Gasteiger partial charge < -0.3 is 20.4 Å². The molecule has 0 aromatic heterocycles. The van der Waals surface area contributed by atoms with Crippen LogP contribution in [0.25, 0.3) is 0 Å². The summed E-state index contributed by atoms with van der Waals surface area (Å²) in [5.74, 6) is 0. The summed E-state index contributed by atoms with van der Waals surface area (Å²) in [4.78, 5) is 1.83. The molecule has 4 N–H and O–H groups in total. The smallest absolute Gasteiger partial charge is 0.108 e. The lowest BCUT2D eigenvalue weighted by molar-refractivity contribution is -0.127. The minimum atomic E-state index is -1.08. The quantitative estimate of drug-likeness (QED) is 0.339. The van der Waals surface area contributed by atoms with Gasteiger partial charge in [-0.05, 0) is 6.42 Å². The van der Waals surface area contributed by atoms with E-state index in [4.69, 9.17) is 0 Å². The minimum absolute atomic E-state index is 0.201. The van der Waals surface area contributed by atoms with Crippen LogP contribution in [0.15, 0.2) is 0 Å². The van der Waals surface area contributed by atoms with Gasteiger partial charge in [-0.2, -0.15) is 0 Å². The summed E-state index contributed by atoms with van der Waals surface area (Å²) in [7, 11) is 0. The maximum Gasteiger partial charge on any atom is 0.108 e. The number of rotatable bonds is 0. The van der Waals surface area contributed by atoms with Crippen LogP contribution in [0.4, 0.5) is 0 Å². The summed E-state index contributed by atoms with van der Waals surface area (Å²) in [5.41, 5.74) is 0. The van der Waals surface area contributed by atoms with E-state index in [-0.39, 0.29) is 6.04 Å². The topological polar surface area (TPSA) is 84.2 Å². The monoisotopic (exact) mass is 189 g/mol. The number of fused-ring (bicyclic) bond motifs is 1. The highest BCUT2D eigenvalue weighted by Crippen LogP contribution is 2.27. The molecule has 0 amide bonds. The van der Waals surface area contributed by atoms with E-state index in [2.05, 4.69) is 0 Å². The molecular weight excluding hydrogens is 174 g/mol. The standard InChI is InChI=1S/C8H15NO4/c10-4-1-5-7(12)8(13)6(11)3-9(5)2-4/h4-8,10-13H,1-3H2/t4-,5+,6+,7-,8-/m1/s1. The Morgan fingerprint density at radius 2 is 1.62 bits per heavy atom. The number of aliphatic hydroxyl groups is 4. The number of aliphatic hydroxyl groups excluding tert-OH is 4. The van der Waals surface area contributed by atoms with Gasteiger partial charge in [0.1, 0.15) is 6.10 Å². The highest BCUT2D eigenvalue weighted by Gasteiger charge is 2.45. The molecule has 0 bridgehead atoms.